The Morgan fingerprint density at radius 3 is 2.61 bits per heavy atom. The number of piperidine rings is 1. The first-order valence-electron chi connectivity index (χ1n) is 13.7. The Bertz CT molecular complexity index is 1900. The van der Waals surface area contributed by atoms with E-state index in [0.29, 0.717) is 22.6 Å². The molecule has 7 rings (SSSR count). The lowest BCUT2D eigenvalue weighted by Gasteiger charge is -2.28. The Morgan fingerprint density at radius 2 is 1.76 bits per heavy atom. The molecule has 2 aromatic carbocycles. The predicted molar refractivity (Wildman–Crippen MR) is 159 cm³/mol. The van der Waals surface area contributed by atoms with Crippen LogP contribution in [-0.2, 0) is 4.79 Å². The largest absolute Gasteiger partial charge is 0.353 e. The normalized spacial score (nSPS) is 14.6. The molecule has 9 heteroatoms. The number of amides is 1. The van der Waals surface area contributed by atoms with Crippen LogP contribution in [0.25, 0.3) is 55.6 Å². The number of aromatic nitrogens is 5. The fourth-order valence-corrected chi connectivity index (χ4v) is 5.65. The topological polar surface area (TPSA) is 103 Å². The number of H-pyrrole nitrogens is 2. The van der Waals surface area contributed by atoms with Crippen molar-refractivity contribution in [3.63, 3.8) is 0 Å². The van der Waals surface area contributed by atoms with Crippen molar-refractivity contribution in [2.75, 3.05) is 25.5 Å². The van der Waals surface area contributed by atoms with Gasteiger partial charge in [-0.05, 0) is 68.9 Å². The highest BCUT2D eigenvalue weighted by Crippen LogP contribution is 2.35. The Hall–Kier alpha value is -4.89. The number of halogens is 1. The van der Waals surface area contributed by atoms with Gasteiger partial charge in [0.1, 0.15) is 11.5 Å². The van der Waals surface area contributed by atoms with E-state index in [2.05, 4.69) is 42.4 Å². The van der Waals surface area contributed by atoms with E-state index >= 15 is 0 Å². The summed E-state index contributed by atoms with van der Waals surface area (Å²) >= 11 is 0. The minimum Gasteiger partial charge on any atom is -0.353 e. The number of hydrogen-bond acceptors (Lipinski definition) is 5. The average Bonchev–Trinajstić information content (AvgIpc) is 3.62. The first-order valence-corrected chi connectivity index (χ1v) is 13.7. The number of fused-ring (bicyclic) bond motifs is 2. The van der Waals surface area contributed by atoms with Gasteiger partial charge in [-0.25, -0.2) is 9.37 Å². The summed E-state index contributed by atoms with van der Waals surface area (Å²) in [5.41, 5.74) is 6.76. The second-order valence-electron chi connectivity index (χ2n) is 10.7. The Balaban J connectivity index is 1.21. The zero-order valence-corrected chi connectivity index (χ0v) is 22.5. The van der Waals surface area contributed by atoms with E-state index in [1.165, 1.54) is 6.07 Å². The summed E-state index contributed by atoms with van der Waals surface area (Å²) in [6.45, 7) is 1.85. The Labute approximate surface area is 235 Å². The molecule has 8 nitrogen and oxygen atoms in total. The second kappa shape index (κ2) is 10.3. The minimum atomic E-state index is -0.264. The first-order chi connectivity index (χ1) is 20.0. The number of hydrogen-bond donors (Lipinski definition) is 3. The van der Waals surface area contributed by atoms with Crippen LogP contribution in [0.2, 0.25) is 0 Å². The van der Waals surface area contributed by atoms with Gasteiger partial charge >= 0.3 is 0 Å². The van der Waals surface area contributed by atoms with Gasteiger partial charge in [-0.3, -0.25) is 14.9 Å². The SMILES string of the molecule is CN1CCC(C(=O)Nc2cncc(-c3cnc4[nH]nc(-c5cc6c(-c7ccccc7F)cccc6[nH]5)c4c3)c2)CC1. The molecule has 1 saturated heterocycles. The van der Waals surface area contributed by atoms with E-state index < -0.39 is 0 Å². The van der Waals surface area contributed by atoms with Crippen molar-refractivity contribution < 1.29 is 9.18 Å². The molecule has 0 atom stereocenters. The van der Waals surface area contributed by atoms with Gasteiger partial charge in [-0.15, -0.1) is 0 Å². The standard InChI is InChI=1S/C32H28FN7O/c1-40-11-9-19(10-12-40)32(41)36-22-13-20(16-34-18-22)21-14-26-30(38-39-31(26)35-17-21)29-15-25-23(6-4-8-28(25)37-29)24-5-2-3-7-27(24)33/h2-8,13-19,37H,9-12H2,1H3,(H,36,41)(H,35,38,39). The molecule has 0 spiro atoms. The number of aromatic amines is 2. The molecule has 1 fully saturated rings. The summed E-state index contributed by atoms with van der Waals surface area (Å²) in [5, 5.41) is 12.4. The van der Waals surface area contributed by atoms with Crippen LogP contribution in [0.4, 0.5) is 10.1 Å². The lowest BCUT2D eigenvalue weighted by atomic mass is 9.96. The zero-order valence-electron chi connectivity index (χ0n) is 22.5. The van der Waals surface area contributed by atoms with Gasteiger partial charge in [0.05, 0.1) is 17.6 Å². The second-order valence-corrected chi connectivity index (χ2v) is 10.7. The summed E-state index contributed by atoms with van der Waals surface area (Å²) in [6.07, 6.45) is 6.91. The highest BCUT2D eigenvalue weighted by atomic mass is 19.1. The van der Waals surface area contributed by atoms with Crippen molar-refractivity contribution in [1.82, 2.24) is 30.0 Å². The minimum absolute atomic E-state index is 0.0107. The van der Waals surface area contributed by atoms with E-state index in [0.717, 1.165) is 64.6 Å². The monoisotopic (exact) mass is 545 g/mol. The number of benzene rings is 2. The molecular formula is C32H28FN7O. The highest BCUT2D eigenvalue weighted by molar-refractivity contribution is 6.01. The fourth-order valence-electron chi connectivity index (χ4n) is 5.65. The average molecular weight is 546 g/mol. The van der Waals surface area contributed by atoms with Gasteiger partial charge in [-0.1, -0.05) is 30.3 Å². The molecule has 204 valence electrons. The molecular weight excluding hydrogens is 517 g/mol. The first kappa shape index (κ1) is 25.1. The zero-order chi connectivity index (χ0) is 27.9. The third-order valence-corrected chi connectivity index (χ3v) is 7.93. The molecule has 41 heavy (non-hydrogen) atoms. The van der Waals surface area contributed by atoms with E-state index in [9.17, 15) is 9.18 Å². The number of anilines is 1. The van der Waals surface area contributed by atoms with Crippen LogP contribution in [0.5, 0.6) is 0 Å². The van der Waals surface area contributed by atoms with Crippen molar-refractivity contribution in [2.24, 2.45) is 5.92 Å². The number of carbonyl (C=O) groups is 1. The predicted octanol–water partition coefficient (Wildman–Crippen LogP) is 6.25. The van der Waals surface area contributed by atoms with Crippen LogP contribution < -0.4 is 5.32 Å². The van der Waals surface area contributed by atoms with Gasteiger partial charge in [0.2, 0.25) is 5.91 Å². The summed E-state index contributed by atoms with van der Waals surface area (Å²) < 4.78 is 14.6. The molecule has 6 aromatic rings. The highest BCUT2D eigenvalue weighted by Gasteiger charge is 2.23. The van der Waals surface area contributed by atoms with Crippen molar-refractivity contribution in [3.8, 4) is 33.6 Å². The Morgan fingerprint density at radius 1 is 0.951 bits per heavy atom. The molecule has 0 saturated carbocycles. The summed E-state index contributed by atoms with van der Waals surface area (Å²) in [4.78, 5) is 27.5. The number of nitrogens with one attached hydrogen (secondary N) is 3. The molecule has 0 unspecified atom stereocenters. The van der Waals surface area contributed by atoms with Crippen LogP contribution in [-0.4, -0.2) is 56.1 Å². The maximum atomic E-state index is 14.6. The number of pyridine rings is 2. The molecule has 3 N–H and O–H groups in total. The maximum Gasteiger partial charge on any atom is 0.227 e. The molecule has 5 heterocycles. The van der Waals surface area contributed by atoms with Gasteiger partial charge in [-0.2, -0.15) is 5.10 Å². The van der Waals surface area contributed by atoms with Crippen LogP contribution in [0, 0.1) is 11.7 Å². The third kappa shape index (κ3) is 4.74. The van der Waals surface area contributed by atoms with E-state index in [4.69, 9.17) is 0 Å². The van der Waals surface area contributed by atoms with Gasteiger partial charge < -0.3 is 15.2 Å². The Kier molecular flexibility index (Phi) is 6.28. The molecule has 4 aromatic heterocycles. The lowest BCUT2D eigenvalue weighted by molar-refractivity contribution is -0.121. The van der Waals surface area contributed by atoms with E-state index in [1.54, 1.807) is 30.7 Å². The number of likely N-dealkylation sites (tertiary alicyclic amines) is 1. The van der Waals surface area contributed by atoms with E-state index in [1.807, 2.05) is 42.5 Å². The van der Waals surface area contributed by atoms with Gasteiger partial charge in [0, 0.05) is 51.3 Å². The molecule has 1 aliphatic rings. The lowest BCUT2D eigenvalue weighted by Crippen LogP contribution is -2.35. The fraction of sp³-hybridized carbons (Fsp3) is 0.188. The quantitative estimate of drug-likeness (QED) is 0.238. The third-order valence-electron chi connectivity index (χ3n) is 7.93. The summed E-state index contributed by atoms with van der Waals surface area (Å²) in [7, 11) is 2.08. The summed E-state index contributed by atoms with van der Waals surface area (Å²) in [6, 6.07) is 18.5. The smallest absolute Gasteiger partial charge is 0.227 e. The van der Waals surface area contributed by atoms with E-state index in [-0.39, 0.29) is 17.6 Å². The van der Waals surface area contributed by atoms with Crippen molar-refractivity contribution in [2.45, 2.75) is 12.8 Å². The van der Waals surface area contributed by atoms with Crippen LogP contribution >= 0.6 is 0 Å². The van der Waals surface area contributed by atoms with Crippen molar-refractivity contribution in [3.05, 3.63) is 85.1 Å². The van der Waals surface area contributed by atoms with Crippen LogP contribution in [0.1, 0.15) is 12.8 Å². The van der Waals surface area contributed by atoms with Gasteiger partial charge in [0.15, 0.2) is 5.65 Å². The van der Waals surface area contributed by atoms with Crippen LogP contribution in [0.3, 0.4) is 0 Å². The summed E-state index contributed by atoms with van der Waals surface area (Å²) in [5.74, 6) is -0.215. The van der Waals surface area contributed by atoms with Crippen molar-refractivity contribution >= 4 is 33.5 Å². The number of rotatable bonds is 5. The molecule has 1 amide bonds. The molecule has 0 radical (unpaired) electrons. The molecule has 0 bridgehead atoms. The number of carbonyl (C=O) groups excluding carboxylic acids is 1. The molecule has 1 aliphatic heterocycles. The van der Waals surface area contributed by atoms with Crippen molar-refractivity contribution in [1.29, 1.82) is 0 Å². The number of nitrogens with zero attached hydrogens (tertiary/aromatic N) is 4. The molecule has 0 aliphatic carbocycles. The van der Waals surface area contributed by atoms with Crippen LogP contribution in [0.15, 0.2) is 79.3 Å². The van der Waals surface area contributed by atoms with Gasteiger partial charge in [0.25, 0.3) is 0 Å². The maximum absolute atomic E-state index is 14.6.